The normalized spacial score (nSPS) is 11.3. The van der Waals surface area contributed by atoms with Crippen LogP contribution < -0.4 is 9.47 Å². The number of hydrogen-bond donors (Lipinski definition) is 0. The number of ether oxygens (including phenoxy) is 3. The minimum absolute atomic E-state index is 0.0442. The monoisotopic (exact) mass is 439 g/mol. The van der Waals surface area contributed by atoms with E-state index in [-0.39, 0.29) is 12.3 Å². The van der Waals surface area contributed by atoms with Gasteiger partial charge in [0.05, 0.1) is 23.8 Å². The summed E-state index contributed by atoms with van der Waals surface area (Å²) in [7, 11) is 2.63. The van der Waals surface area contributed by atoms with E-state index in [9.17, 15) is 4.79 Å². The van der Waals surface area contributed by atoms with Crippen LogP contribution in [0.15, 0.2) is 41.6 Å². The Morgan fingerprint density at radius 3 is 2.31 bits per heavy atom. The molecule has 0 heterocycles. The fourth-order valence-electron chi connectivity index (χ4n) is 2.43. The van der Waals surface area contributed by atoms with Crippen molar-refractivity contribution in [2.45, 2.75) is 20.5 Å². The maximum Gasteiger partial charge on any atom is 0.360 e. The van der Waals surface area contributed by atoms with E-state index in [2.05, 4.69) is 5.16 Å². The van der Waals surface area contributed by atoms with Crippen LogP contribution in [0, 0.1) is 5.92 Å². The van der Waals surface area contributed by atoms with Gasteiger partial charge in [-0.05, 0) is 11.5 Å². The summed E-state index contributed by atoms with van der Waals surface area (Å²) in [6, 6.07) is 10.4. The Morgan fingerprint density at radius 1 is 1.07 bits per heavy atom. The zero-order valence-corrected chi connectivity index (χ0v) is 18.2. The average molecular weight is 440 g/mol. The Morgan fingerprint density at radius 2 is 1.72 bits per heavy atom. The van der Waals surface area contributed by atoms with Gasteiger partial charge in [-0.1, -0.05) is 66.5 Å². The number of esters is 1. The number of oxime groups is 1. The second kappa shape index (κ2) is 10.9. The first-order valence-corrected chi connectivity index (χ1v) is 9.65. The Hall–Kier alpha value is -2.44. The highest BCUT2D eigenvalue weighted by atomic mass is 35.5. The molecule has 0 radical (unpaired) electrons. The van der Waals surface area contributed by atoms with Gasteiger partial charge in [0.15, 0.2) is 11.5 Å². The Labute approximate surface area is 180 Å². The molecule has 2 rings (SSSR count). The molecule has 0 N–H and O–H groups in total. The van der Waals surface area contributed by atoms with Gasteiger partial charge in [0.1, 0.15) is 19.5 Å². The zero-order chi connectivity index (χ0) is 21.4. The van der Waals surface area contributed by atoms with Crippen molar-refractivity contribution in [3.63, 3.8) is 0 Å². The van der Waals surface area contributed by atoms with Gasteiger partial charge in [0.2, 0.25) is 0 Å². The molecule has 0 aromatic heterocycles. The summed E-state index contributed by atoms with van der Waals surface area (Å²) in [6.07, 6.45) is 0. The molecule has 0 atom stereocenters. The van der Waals surface area contributed by atoms with E-state index >= 15 is 0 Å². The van der Waals surface area contributed by atoms with E-state index in [4.69, 9.17) is 42.3 Å². The summed E-state index contributed by atoms with van der Waals surface area (Å²) in [5.74, 6) is 0.620. The molecule has 0 unspecified atom stereocenters. The van der Waals surface area contributed by atoms with Crippen LogP contribution in [0.1, 0.15) is 25.0 Å². The molecule has 2 aromatic rings. The van der Waals surface area contributed by atoms with Crippen molar-refractivity contribution in [2.75, 3.05) is 20.8 Å². The van der Waals surface area contributed by atoms with E-state index in [1.54, 1.807) is 24.3 Å². The van der Waals surface area contributed by atoms with Gasteiger partial charge >= 0.3 is 5.97 Å². The van der Waals surface area contributed by atoms with Crippen LogP contribution in [0.3, 0.4) is 0 Å². The SMILES string of the molecule is CON=C(C(=O)OC)c1ccccc1COc1cc(Cl)c(OCC(C)C)c(Cl)c1. The number of methoxy groups -OCH3 is 1. The van der Waals surface area contributed by atoms with E-state index in [0.717, 1.165) is 0 Å². The first kappa shape index (κ1) is 22.8. The third-order valence-electron chi connectivity index (χ3n) is 3.76. The number of carbonyl (C=O) groups is 1. The molecule has 0 spiro atoms. The molecule has 0 fully saturated rings. The predicted molar refractivity (Wildman–Crippen MR) is 113 cm³/mol. The van der Waals surface area contributed by atoms with Crippen molar-refractivity contribution in [1.29, 1.82) is 0 Å². The Bertz CT molecular complexity index is 860. The van der Waals surface area contributed by atoms with Crippen LogP contribution in [0.25, 0.3) is 0 Å². The smallest absolute Gasteiger partial charge is 0.360 e. The fourth-order valence-corrected chi connectivity index (χ4v) is 3.01. The number of hydrogen-bond acceptors (Lipinski definition) is 6. The Kier molecular flexibility index (Phi) is 8.61. The predicted octanol–water partition coefficient (Wildman–Crippen LogP) is 5.13. The van der Waals surface area contributed by atoms with Gasteiger partial charge in [-0.25, -0.2) is 4.79 Å². The molecule has 0 aliphatic carbocycles. The largest absolute Gasteiger partial charge is 0.490 e. The molecule has 0 aliphatic heterocycles. The second-order valence-corrected chi connectivity index (χ2v) is 7.30. The Balaban J connectivity index is 2.23. The third kappa shape index (κ3) is 6.27. The van der Waals surface area contributed by atoms with Crippen molar-refractivity contribution in [3.8, 4) is 11.5 Å². The number of nitrogens with zero attached hydrogens (tertiary/aromatic N) is 1. The number of carbonyl (C=O) groups excluding carboxylic acids is 1. The second-order valence-electron chi connectivity index (χ2n) is 6.48. The van der Waals surface area contributed by atoms with Gasteiger partial charge in [0.25, 0.3) is 0 Å². The minimum Gasteiger partial charge on any atom is -0.490 e. The first-order valence-electron chi connectivity index (χ1n) is 8.89. The van der Waals surface area contributed by atoms with Gasteiger partial charge < -0.3 is 19.0 Å². The molecule has 6 nitrogen and oxygen atoms in total. The molecule has 156 valence electrons. The van der Waals surface area contributed by atoms with Crippen LogP contribution in [0.4, 0.5) is 0 Å². The van der Waals surface area contributed by atoms with Gasteiger partial charge in [-0.2, -0.15) is 0 Å². The van der Waals surface area contributed by atoms with Crippen LogP contribution in [0.5, 0.6) is 11.5 Å². The van der Waals surface area contributed by atoms with E-state index in [1.165, 1.54) is 14.2 Å². The lowest BCUT2D eigenvalue weighted by atomic mass is 10.0. The summed E-state index contributed by atoms with van der Waals surface area (Å²) in [6.45, 7) is 4.72. The molecule has 0 saturated heterocycles. The molecule has 2 aromatic carbocycles. The minimum atomic E-state index is -0.614. The lowest BCUT2D eigenvalue weighted by Crippen LogP contribution is -2.19. The lowest BCUT2D eigenvalue weighted by molar-refractivity contribution is -0.132. The van der Waals surface area contributed by atoms with Crippen molar-refractivity contribution in [2.24, 2.45) is 11.1 Å². The third-order valence-corrected chi connectivity index (χ3v) is 4.32. The van der Waals surface area contributed by atoms with Gasteiger partial charge in [0, 0.05) is 17.7 Å². The van der Waals surface area contributed by atoms with Crippen LogP contribution in [-0.2, 0) is 21.0 Å². The van der Waals surface area contributed by atoms with Crippen LogP contribution in [-0.4, -0.2) is 32.5 Å². The molecular formula is C21H23Cl2NO5. The molecule has 0 aliphatic rings. The summed E-state index contributed by atoms with van der Waals surface area (Å²) >= 11 is 12.6. The first-order chi connectivity index (χ1) is 13.9. The molecule has 0 bridgehead atoms. The highest BCUT2D eigenvalue weighted by Crippen LogP contribution is 2.37. The van der Waals surface area contributed by atoms with Crippen molar-refractivity contribution < 1.29 is 23.8 Å². The summed E-state index contributed by atoms with van der Waals surface area (Å²) in [5, 5.41) is 4.50. The number of halogens is 2. The van der Waals surface area contributed by atoms with Crippen molar-refractivity contribution in [1.82, 2.24) is 0 Å². The van der Waals surface area contributed by atoms with E-state index in [1.807, 2.05) is 26.0 Å². The van der Waals surface area contributed by atoms with Crippen molar-refractivity contribution in [3.05, 3.63) is 57.6 Å². The van der Waals surface area contributed by atoms with Crippen molar-refractivity contribution >= 4 is 34.9 Å². The standard InChI is InChI=1S/C21H23Cl2NO5/c1-13(2)11-29-20-17(22)9-15(10-18(20)23)28-12-14-7-5-6-8-16(14)19(24-27-4)21(25)26-3/h5-10,13H,11-12H2,1-4H3. The van der Waals surface area contributed by atoms with Crippen LogP contribution in [0.2, 0.25) is 10.0 Å². The number of benzene rings is 2. The van der Waals surface area contributed by atoms with E-state index < -0.39 is 5.97 Å². The fraction of sp³-hybridized carbons (Fsp3) is 0.333. The van der Waals surface area contributed by atoms with Gasteiger partial charge in [-0.15, -0.1) is 0 Å². The topological polar surface area (TPSA) is 66.4 Å². The lowest BCUT2D eigenvalue weighted by Gasteiger charge is -2.15. The molecule has 0 saturated carbocycles. The molecule has 8 heteroatoms. The summed E-state index contributed by atoms with van der Waals surface area (Å²) < 4.78 is 16.3. The highest BCUT2D eigenvalue weighted by Gasteiger charge is 2.19. The maximum absolute atomic E-state index is 12.0. The van der Waals surface area contributed by atoms with Gasteiger partial charge in [-0.3, -0.25) is 0 Å². The molecule has 29 heavy (non-hydrogen) atoms. The average Bonchev–Trinajstić information content (AvgIpc) is 2.69. The highest BCUT2D eigenvalue weighted by molar-refractivity contribution is 6.43. The molecule has 0 amide bonds. The van der Waals surface area contributed by atoms with Crippen LogP contribution >= 0.6 is 23.2 Å². The number of rotatable bonds is 9. The maximum atomic E-state index is 12.0. The summed E-state index contributed by atoms with van der Waals surface area (Å²) in [4.78, 5) is 16.8. The zero-order valence-electron chi connectivity index (χ0n) is 16.7. The quantitative estimate of drug-likeness (QED) is 0.307. The molecular weight excluding hydrogens is 417 g/mol. The van der Waals surface area contributed by atoms with E-state index in [0.29, 0.717) is 45.2 Å². The summed E-state index contributed by atoms with van der Waals surface area (Å²) in [5.41, 5.74) is 1.29.